The lowest BCUT2D eigenvalue weighted by atomic mass is 9.73. The highest BCUT2D eigenvalue weighted by Crippen LogP contribution is 2.45. The average molecular weight is 592 g/mol. The van der Waals surface area contributed by atoms with Gasteiger partial charge in [0.25, 0.3) is 0 Å². The number of esters is 2. The lowest BCUT2D eigenvalue weighted by molar-refractivity contribution is -0.153. The fraction of sp³-hybridized carbons (Fsp3) is 0.583. The van der Waals surface area contributed by atoms with Crippen molar-refractivity contribution >= 4 is 17.8 Å². The molecule has 2 saturated carbocycles. The highest BCUT2D eigenvalue weighted by Gasteiger charge is 2.46. The normalized spacial score (nSPS) is 22.0. The molecule has 1 amide bonds. The number of rotatable bonds is 15. The van der Waals surface area contributed by atoms with Gasteiger partial charge in [0.2, 0.25) is 5.91 Å². The van der Waals surface area contributed by atoms with Crippen LogP contribution in [0.2, 0.25) is 0 Å². The highest BCUT2D eigenvalue weighted by molar-refractivity contribution is 5.84. The molecule has 0 spiro atoms. The van der Waals surface area contributed by atoms with E-state index in [0.717, 1.165) is 56.9 Å². The number of carbonyl (C=O) groups is 3. The monoisotopic (exact) mass is 591 g/mol. The van der Waals surface area contributed by atoms with Crippen molar-refractivity contribution in [2.75, 3.05) is 20.3 Å². The Balaban J connectivity index is 1.42. The number of hydrogen-bond donors (Lipinski definition) is 1. The summed E-state index contributed by atoms with van der Waals surface area (Å²) in [5.41, 5.74) is 1.60. The van der Waals surface area contributed by atoms with Crippen LogP contribution in [0.1, 0.15) is 82.3 Å². The number of aryl methyl sites for hydroxylation is 1. The summed E-state index contributed by atoms with van der Waals surface area (Å²) >= 11 is 0. The molecular weight excluding hydrogens is 542 g/mol. The number of hydrogen-bond acceptors (Lipinski definition) is 6. The molecule has 2 fully saturated rings. The molecule has 0 bridgehead atoms. The molecule has 2 aliphatic carbocycles. The lowest BCUT2D eigenvalue weighted by Gasteiger charge is -2.38. The van der Waals surface area contributed by atoms with Gasteiger partial charge < -0.3 is 19.5 Å². The molecule has 0 aromatic heterocycles. The van der Waals surface area contributed by atoms with E-state index in [1.54, 1.807) is 7.11 Å². The van der Waals surface area contributed by atoms with Crippen molar-refractivity contribution in [1.29, 1.82) is 0 Å². The maximum absolute atomic E-state index is 14.1. The van der Waals surface area contributed by atoms with Gasteiger partial charge in [-0.2, -0.15) is 0 Å². The number of methoxy groups -OCH3 is 1. The largest absolute Gasteiger partial charge is 0.466 e. The van der Waals surface area contributed by atoms with Gasteiger partial charge in [-0.3, -0.25) is 14.4 Å². The zero-order chi connectivity index (χ0) is 30.5. The number of benzene rings is 2. The van der Waals surface area contributed by atoms with Gasteiger partial charge in [-0.15, -0.1) is 0 Å². The van der Waals surface area contributed by atoms with Gasteiger partial charge in [0.1, 0.15) is 6.61 Å². The van der Waals surface area contributed by atoms with Crippen LogP contribution < -0.4 is 5.32 Å². The van der Waals surface area contributed by atoms with Gasteiger partial charge in [0.05, 0.1) is 23.9 Å². The first kappa shape index (κ1) is 32.7. The standard InChI is InChI=1S/C36H49NO6/c1-3-42-34(39)32-19-18-31(24-29(32)17-16-27-12-6-4-7-13-27)37-35(40)36(21-10-11-22-36)25-30(20-23-41-2)33(38)43-26-28-14-8-5-9-15-28/h4-9,12-15,29-32H,3,10-11,16-26H2,1-2H3,(H,37,40)/t29-,30?,31-,32+/m0/s1. The minimum absolute atomic E-state index is 0.00104. The van der Waals surface area contributed by atoms with Crippen molar-refractivity contribution in [1.82, 2.24) is 5.32 Å². The Bertz CT molecular complexity index is 1150. The summed E-state index contributed by atoms with van der Waals surface area (Å²) in [6, 6.07) is 20.0. The number of amides is 1. The van der Waals surface area contributed by atoms with Crippen LogP contribution >= 0.6 is 0 Å². The molecule has 7 nitrogen and oxygen atoms in total. The summed E-state index contributed by atoms with van der Waals surface area (Å²) in [5.74, 6) is -0.755. The Kier molecular flexibility index (Phi) is 12.6. The quantitative estimate of drug-likeness (QED) is 0.240. The third kappa shape index (κ3) is 9.40. The minimum Gasteiger partial charge on any atom is -0.466 e. The van der Waals surface area contributed by atoms with E-state index < -0.39 is 11.3 Å². The first-order chi connectivity index (χ1) is 20.9. The van der Waals surface area contributed by atoms with E-state index in [-0.39, 0.29) is 42.3 Å². The van der Waals surface area contributed by atoms with Crippen molar-refractivity contribution in [3.63, 3.8) is 0 Å². The molecule has 1 N–H and O–H groups in total. The van der Waals surface area contributed by atoms with Crippen LogP contribution in [0, 0.1) is 23.2 Å². The predicted octanol–water partition coefficient (Wildman–Crippen LogP) is 6.43. The maximum atomic E-state index is 14.1. The van der Waals surface area contributed by atoms with E-state index in [9.17, 15) is 14.4 Å². The predicted molar refractivity (Wildman–Crippen MR) is 166 cm³/mol. The summed E-state index contributed by atoms with van der Waals surface area (Å²) in [4.78, 5) is 40.2. The van der Waals surface area contributed by atoms with E-state index in [4.69, 9.17) is 14.2 Å². The molecule has 234 valence electrons. The van der Waals surface area contributed by atoms with Crippen LogP contribution in [-0.2, 0) is 41.6 Å². The highest BCUT2D eigenvalue weighted by atomic mass is 16.5. The molecule has 7 heteroatoms. The molecule has 0 radical (unpaired) electrons. The smallest absolute Gasteiger partial charge is 0.309 e. The van der Waals surface area contributed by atoms with Crippen molar-refractivity contribution < 1.29 is 28.6 Å². The van der Waals surface area contributed by atoms with E-state index >= 15 is 0 Å². The van der Waals surface area contributed by atoms with Crippen LogP contribution in [0.3, 0.4) is 0 Å². The summed E-state index contributed by atoms with van der Waals surface area (Å²) in [6.45, 7) is 2.88. The zero-order valence-electron chi connectivity index (χ0n) is 25.9. The van der Waals surface area contributed by atoms with Crippen LogP contribution in [0.4, 0.5) is 0 Å². The second-order valence-electron chi connectivity index (χ2n) is 12.4. The van der Waals surface area contributed by atoms with Crippen molar-refractivity contribution in [2.24, 2.45) is 23.2 Å². The Morgan fingerprint density at radius 1 is 0.930 bits per heavy atom. The van der Waals surface area contributed by atoms with Crippen molar-refractivity contribution in [3.05, 3.63) is 71.8 Å². The first-order valence-corrected chi connectivity index (χ1v) is 16.1. The molecule has 0 saturated heterocycles. The van der Waals surface area contributed by atoms with Crippen LogP contribution in [-0.4, -0.2) is 44.2 Å². The van der Waals surface area contributed by atoms with Crippen LogP contribution in [0.5, 0.6) is 0 Å². The second-order valence-corrected chi connectivity index (χ2v) is 12.4. The molecule has 0 aliphatic heterocycles. The molecule has 4 rings (SSSR count). The van der Waals surface area contributed by atoms with Gasteiger partial charge in [-0.1, -0.05) is 73.5 Å². The topological polar surface area (TPSA) is 90.9 Å². The summed E-state index contributed by atoms with van der Waals surface area (Å²) in [6.07, 6.45) is 8.43. The van der Waals surface area contributed by atoms with Gasteiger partial charge in [-0.05, 0) is 81.8 Å². The Morgan fingerprint density at radius 3 is 2.26 bits per heavy atom. The molecule has 2 aromatic carbocycles. The molecule has 1 unspecified atom stereocenters. The molecule has 2 aliphatic rings. The third-order valence-electron chi connectivity index (χ3n) is 9.46. The molecule has 2 aromatic rings. The Hall–Kier alpha value is -3.19. The number of carbonyl (C=O) groups excluding carboxylic acids is 3. The van der Waals surface area contributed by atoms with E-state index in [2.05, 4.69) is 17.4 Å². The van der Waals surface area contributed by atoms with E-state index in [0.29, 0.717) is 32.5 Å². The molecular formula is C36H49NO6. The molecule has 0 heterocycles. The molecule has 4 atom stereocenters. The summed E-state index contributed by atoms with van der Waals surface area (Å²) in [7, 11) is 1.63. The maximum Gasteiger partial charge on any atom is 0.309 e. The van der Waals surface area contributed by atoms with E-state index in [1.807, 2.05) is 55.5 Å². The Labute approximate surface area is 257 Å². The minimum atomic E-state index is -0.596. The molecule has 43 heavy (non-hydrogen) atoms. The number of ether oxygens (including phenoxy) is 3. The fourth-order valence-electron chi connectivity index (χ4n) is 7.07. The second kappa shape index (κ2) is 16.6. The summed E-state index contributed by atoms with van der Waals surface area (Å²) in [5, 5.41) is 3.41. The summed E-state index contributed by atoms with van der Waals surface area (Å²) < 4.78 is 16.5. The third-order valence-corrected chi connectivity index (χ3v) is 9.46. The van der Waals surface area contributed by atoms with Crippen LogP contribution in [0.25, 0.3) is 0 Å². The van der Waals surface area contributed by atoms with Crippen LogP contribution in [0.15, 0.2) is 60.7 Å². The fourth-order valence-corrected chi connectivity index (χ4v) is 7.07. The van der Waals surface area contributed by atoms with Gasteiger partial charge in [0, 0.05) is 19.8 Å². The van der Waals surface area contributed by atoms with Gasteiger partial charge >= 0.3 is 11.9 Å². The number of nitrogens with one attached hydrogen (secondary N) is 1. The van der Waals surface area contributed by atoms with E-state index in [1.165, 1.54) is 5.56 Å². The lowest BCUT2D eigenvalue weighted by Crippen LogP contribution is -2.49. The SMILES string of the molecule is CCOC(=O)[C@@H]1CC[C@H](NC(=O)C2(CC(CCOC)C(=O)OCc3ccccc3)CCCC2)C[C@@H]1CCc1ccccc1. The zero-order valence-corrected chi connectivity index (χ0v) is 25.9. The first-order valence-electron chi connectivity index (χ1n) is 16.1. The van der Waals surface area contributed by atoms with Gasteiger partial charge in [-0.25, -0.2) is 0 Å². The van der Waals surface area contributed by atoms with Crippen molar-refractivity contribution in [2.45, 2.75) is 90.2 Å². The van der Waals surface area contributed by atoms with Crippen molar-refractivity contribution in [3.8, 4) is 0 Å². The Morgan fingerprint density at radius 2 is 1.60 bits per heavy atom. The van der Waals surface area contributed by atoms with Gasteiger partial charge in [0.15, 0.2) is 0 Å². The average Bonchev–Trinajstić information content (AvgIpc) is 3.52.